The molecule has 0 bridgehead atoms. The van der Waals surface area contributed by atoms with Gasteiger partial charge in [0.1, 0.15) is 5.60 Å². The van der Waals surface area contributed by atoms with Crippen molar-refractivity contribution in [2.75, 3.05) is 26.2 Å². The summed E-state index contributed by atoms with van der Waals surface area (Å²) in [6.45, 7) is 9.09. The van der Waals surface area contributed by atoms with Crippen LogP contribution >= 0.6 is 0 Å². The summed E-state index contributed by atoms with van der Waals surface area (Å²) in [6.07, 6.45) is 4.01. The molecule has 1 saturated carbocycles. The molecule has 1 rings (SSSR count). The maximum absolute atomic E-state index is 12.1. The molecule has 3 N–H and O–H groups in total. The van der Waals surface area contributed by atoms with Gasteiger partial charge >= 0.3 is 6.09 Å². The molecule has 1 fully saturated rings. The summed E-state index contributed by atoms with van der Waals surface area (Å²) in [5.41, 5.74) is 5.02. The van der Waals surface area contributed by atoms with E-state index in [2.05, 4.69) is 5.32 Å². The third-order valence-electron chi connectivity index (χ3n) is 2.93. The molecule has 1 aliphatic carbocycles. The minimum absolute atomic E-state index is 0.169. The summed E-state index contributed by atoms with van der Waals surface area (Å²) < 4.78 is 5.45. The molecule has 0 unspecified atom stereocenters. The Morgan fingerprint density at radius 2 is 1.95 bits per heavy atom. The lowest BCUT2D eigenvalue weighted by Gasteiger charge is -2.27. The SMILES string of the molecule is CC(C)(C)OC(=O)N(CCCNCCCN)C1CC1. The van der Waals surface area contributed by atoms with Crippen molar-refractivity contribution in [2.24, 2.45) is 5.73 Å². The summed E-state index contributed by atoms with van der Waals surface area (Å²) in [4.78, 5) is 14.0. The number of nitrogens with zero attached hydrogens (tertiary/aromatic N) is 1. The summed E-state index contributed by atoms with van der Waals surface area (Å²) >= 11 is 0. The van der Waals surface area contributed by atoms with Crippen LogP contribution < -0.4 is 11.1 Å². The highest BCUT2D eigenvalue weighted by molar-refractivity contribution is 5.69. The summed E-state index contributed by atoms with van der Waals surface area (Å²) in [7, 11) is 0. The largest absolute Gasteiger partial charge is 0.444 e. The number of nitrogens with two attached hydrogens (primary N) is 1. The van der Waals surface area contributed by atoms with Crippen LogP contribution in [0.3, 0.4) is 0 Å². The van der Waals surface area contributed by atoms with Gasteiger partial charge < -0.3 is 20.7 Å². The zero-order chi connectivity index (χ0) is 14.3. The second kappa shape index (κ2) is 7.70. The highest BCUT2D eigenvalue weighted by Gasteiger charge is 2.34. The predicted molar refractivity (Wildman–Crippen MR) is 77.1 cm³/mol. The molecule has 0 aliphatic heterocycles. The molecular weight excluding hydrogens is 242 g/mol. The van der Waals surface area contributed by atoms with Crippen molar-refractivity contribution in [3.05, 3.63) is 0 Å². The fourth-order valence-corrected chi connectivity index (χ4v) is 1.86. The highest BCUT2D eigenvalue weighted by Crippen LogP contribution is 2.28. The van der Waals surface area contributed by atoms with Crippen LogP contribution in [0.4, 0.5) is 4.79 Å². The van der Waals surface area contributed by atoms with Crippen molar-refractivity contribution in [3.8, 4) is 0 Å². The number of carbonyl (C=O) groups is 1. The van der Waals surface area contributed by atoms with Crippen LogP contribution in [-0.4, -0.2) is 48.8 Å². The van der Waals surface area contributed by atoms with E-state index in [1.54, 1.807) is 0 Å². The van der Waals surface area contributed by atoms with Crippen LogP contribution in [-0.2, 0) is 4.74 Å². The molecule has 0 aromatic carbocycles. The van der Waals surface area contributed by atoms with Gasteiger partial charge in [-0.25, -0.2) is 4.79 Å². The van der Waals surface area contributed by atoms with Crippen molar-refractivity contribution in [1.82, 2.24) is 10.2 Å². The lowest BCUT2D eigenvalue weighted by molar-refractivity contribution is 0.0232. The first-order valence-electron chi connectivity index (χ1n) is 7.34. The Balaban J connectivity index is 2.23. The average molecular weight is 271 g/mol. The van der Waals surface area contributed by atoms with E-state index >= 15 is 0 Å². The third-order valence-corrected chi connectivity index (χ3v) is 2.93. The maximum Gasteiger partial charge on any atom is 0.410 e. The number of carbonyl (C=O) groups excluding carboxylic acids is 1. The molecule has 0 saturated heterocycles. The van der Waals surface area contributed by atoms with Crippen molar-refractivity contribution in [1.29, 1.82) is 0 Å². The molecule has 0 heterocycles. The fraction of sp³-hybridized carbons (Fsp3) is 0.929. The summed E-state index contributed by atoms with van der Waals surface area (Å²) in [5, 5.41) is 3.33. The highest BCUT2D eigenvalue weighted by atomic mass is 16.6. The second-order valence-electron chi connectivity index (χ2n) is 6.15. The zero-order valence-corrected chi connectivity index (χ0v) is 12.6. The number of ether oxygens (including phenoxy) is 1. The molecule has 1 aliphatic rings. The fourth-order valence-electron chi connectivity index (χ4n) is 1.86. The maximum atomic E-state index is 12.1. The average Bonchev–Trinajstić information content (AvgIpc) is 3.09. The number of rotatable bonds is 8. The van der Waals surface area contributed by atoms with E-state index in [4.69, 9.17) is 10.5 Å². The number of amides is 1. The molecule has 0 atom stereocenters. The standard InChI is InChI=1S/C14H29N3O2/c1-14(2,3)19-13(18)17(12-6-7-12)11-5-10-16-9-4-8-15/h12,16H,4-11,15H2,1-3H3. The van der Waals surface area contributed by atoms with Gasteiger partial charge in [0.05, 0.1) is 0 Å². The molecule has 5 nitrogen and oxygen atoms in total. The smallest absolute Gasteiger partial charge is 0.410 e. The molecule has 0 spiro atoms. The molecule has 112 valence electrons. The van der Waals surface area contributed by atoms with Crippen molar-refractivity contribution < 1.29 is 9.53 Å². The number of hydrogen-bond donors (Lipinski definition) is 2. The zero-order valence-electron chi connectivity index (χ0n) is 12.6. The van der Waals surface area contributed by atoms with E-state index in [9.17, 15) is 4.79 Å². The first-order valence-corrected chi connectivity index (χ1v) is 7.34. The van der Waals surface area contributed by atoms with Gasteiger partial charge in [0, 0.05) is 12.6 Å². The van der Waals surface area contributed by atoms with Gasteiger partial charge in [0.2, 0.25) is 0 Å². The summed E-state index contributed by atoms with van der Waals surface area (Å²) in [5.74, 6) is 0. The van der Waals surface area contributed by atoms with Crippen LogP contribution in [0.5, 0.6) is 0 Å². The van der Waals surface area contributed by atoms with Crippen molar-refractivity contribution in [3.63, 3.8) is 0 Å². The van der Waals surface area contributed by atoms with Gasteiger partial charge in [-0.1, -0.05) is 0 Å². The molecule has 0 aromatic heterocycles. The van der Waals surface area contributed by atoms with Gasteiger partial charge in [0.15, 0.2) is 0 Å². The second-order valence-corrected chi connectivity index (χ2v) is 6.15. The molecule has 5 heteroatoms. The Morgan fingerprint density at radius 3 is 2.47 bits per heavy atom. The Labute approximate surface area is 116 Å². The van der Waals surface area contributed by atoms with Gasteiger partial charge in [-0.2, -0.15) is 0 Å². The van der Waals surface area contributed by atoms with Crippen LogP contribution in [0, 0.1) is 0 Å². The van der Waals surface area contributed by atoms with E-state index in [1.807, 2.05) is 25.7 Å². The molecule has 1 amide bonds. The topological polar surface area (TPSA) is 67.6 Å². The van der Waals surface area contributed by atoms with Gasteiger partial charge in [-0.3, -0.25) is 0 Å². The lowest BCUT2D eigenvalue weighted by Crippen LogP contribution is -2.39. The minimum atomic E-state index is -0.413. The number of nitrogens with one attached hydrogen (secondary N) is 1. The van der Waals surface area contributed by atoms with Crippen molar-refractivity contribution >= 4 is 6.09 Å². The third kappa shape index (κ3) is 7.38. The van der Waals surface area contributed by atoms with E-state index in [0.29, 0.717) is 6.04 Å². The van der Waals surface area contributed by atoms with Gasteiger partial charge in [-0.15, -0.1) is 0 Å². The minimum Gasteiger partial charge on any atom is -0.444 e. The molecule has 0 radical (unpaired) electrons. The summed E-state index contributed by atoms with van der Waals surface area (Å²) in [6, 6.07) is 0.402. The first kappa shape index (κ1) is 16.2. The normalized spacial score (nSPS) is 15.4. The quantitative estimate of drug-likeness (QED) is 0.660. The van der Waals surface area contributed by atoms with E-state index in [0.717, 1.165) is 51.9 Å². The van der Waals surface area contributed by atoms with E-state index < -0.39 is 5.60 Å². The van der Waals surface area contributed by atoms with Crippen molar-refractivity contribution in [2.45, 2.75) is 58.1 Å². The Kier molecular flexibility index (Phi) is 6.58. The van der Waals surface area contributed by atoms with Gasteiger partial charge in [0.25, 0.3) is 0 Å². The van der Waals surface area contributed by atoms with Crippen LogP contribution in [0.2, 0.25) is 0 Å². The lowest BCUT2D eigenvalue weighted by atomic mass is 10.2. The van der Waals surface area contributed by atoms with Crippen LogP contribution in [0.15, 0.2) is 0 Å². The van der Waals surface area contributed by atoms with Crippen LogP contribution in [0.1, 0.15) is 46.5 Å². The molecule has 19 heavy (non-hydrogen) atoms. The molecule has 0 aromatic rings. The Morgan fingerprint density at radius 1 is 1.32 bits per heavy atom. The van der Waals surface area contributed by atoms with E-state index in [1.165, 1.54) is 0 Å². The monoisotopic (exact) mass is 271 g/mol. The number of hydrogen-bond acceptors (Lipinski definition) is 4. The van der Waals surface area contributed by atoms with Gasteiger partial charge in [-0.05, 0) is 66.1 Å². The van der Waals surface area contributed by atoms with Crippen LogP contribution in [0.25, 0.3) is 0 Å². The Bertz CT molecular complexity index is 272. The first-order chi connectivity index (χ1) is 8.94. The molecular formula is C14H29N3O2. The predicted octanol–water partition coefficient (Wildman–Crippen LogP) is 1.71. The Hall–Kier alpha value is -0.810. The van der Waals surface area contributed by atoms with E-state index in [-0.39, 0.29) is 6.09 Å².